The number of piperidine rings is 1. The number of nitrogens with zero attached hydrogens (tertiary/aromatic N) is 1. The van der Waals surface area contributed by atoms with Crippen molar-refractivity contribution in [3.8, 4) is 0 Å². The topological polar surface area (TPSA) is 3.24 Å². The SMILES string of the molecule is CC1CCN2Cc3ccccc3C2C1. The zero-order chi connectivity index (χ0) is 9.54. The summed E-state index contributed by atoms with van der Waals surface area (Å²) < 4.78 is 0. The van der Waals surface area contributed by atoms with E-state index in [4.69, 9.17) is 0 Å². The number of hydrogen-bond acceptors (Lipinski definition) is 1. The Kier molecular flexibility index (Phi) is 1.88. The summed E-state index contributed by atoms with van der Waals surface area (Å²) in [6, 6.07) is 9.69. The number of fused-ring (bicyclic) bond motifs is 3. The molecule has 0 amide bonds. The molecule has 14 heavy (non-hydrogen) atoms. The summed E-state index contributed by atoms with van der Waals surface area (Å²) in [7, 11) is 0. The van der Waals surface area contributed by atoms with Crippen LogP contribution in [-0.2, 0) is 6.54 Å². The molecule has 2 heterocycles. The molecule has 2 aliphatic heterocycles. The fourth-order valence-electron chi connectivity index (χ4n) is 2.93. The van der Waals surface area contributed by atoms with Crippen molar-refractivity contribution >= 4 is 0 Å². The number of benzene rings is 1. The molecule has 0 spiro atoms. The van der Waals surface area contributed by atoms with E-state index in [2.05, 4.69) is 36.1 Å². The van der Waals surface area contributed by atoms with Gasteiger partial charge in [0, 0.05) is 12.6 Å². The van der Waals surface area contributed by atoms with Gasteiger partial charge < -0.3 is 0 Å². The van der Waals surface area contributed by atoms with Crippen molar-refractivity contribution < 1.29 is 0 Å². The first kappa shape index (κ1) is 8.49. The first-order valence-corrected chi connectivity index (χ1v) is 5.66. The third-order valence-corrected chi connectivity index (χ3v) is 3.76. The maximum absolute atomic E-state index is 2.64. The highest BCUT2D eigenvalue weighted by molar-refractivity contribution is 5.34. The van der Waals surface area contributed by atoms with Gasteiger partial charge in [-0.1, -0.05) is 31.2 Å². The van der Waals surface area contributed by atoms with Gasteiger partial charge in [-0.15, -0.1) is 0 Å². The van der Waals surface area contributed by atoms with Crippen LogP contribution < -0.4 is 0 Å². The molecular formula is C13H17N. The Labute approximate surface area is 85.7 Å². The number of rotatable bonds is 0. The highest BCUT2D eigenvalue weighted by atomic mass is 15.2. The lowest BCUT2D eigenvalue weighted by atomic mass is 9.90. The molecule has 0 aromatic heterocycles. The van der Waals surface area contributed by atoms with E-state index in [1.54, 1.807) is 11.1 Å². The maximum atomic E-state index is 2.64. The molecule has 1 aromatic rings. The molecule has 1 saturated heterocycles. The van der Waals surface area contributed by atoms with Crippen molar-refractivity contribution in [1.82, 2.24) is 4.90 Å². The summed E-state index contributed by atoms with van der Waals surface area (Å²) in [5.41, 5.74) is 3.16. The molecule has 74 valence electrons. The Morgan fingerprint density at radius 1 is 1.29 bits per heavy atom. The highest BCUT2D eigenvalue weighted by Crippen LogP contribution is 2.41. The quantitative estimate of drug-likeness (QED) is 0.603. The number of hydrogen-bond donors (Lipinski definition) is 0. The van der Waals surface area contributed by atoms with Crippen LogP contribution in [0.15, 0.2) is 24.3 Å². The predicted octanol–water partition coefficient (Wildman–Crippen LogP) is 2.97. The average molecular weight is 187 g/mol. The van der Waals surface area contributed by atoms with Gasteiger partial charge in [-0.2, -0.15) is 0 Å². The van der Waals surface area contributed by atoms with Crippen LogP contribution >= 0.6 is 0 Å². The molecule has 2 unspecified atom stereocenters. The van der Waals surface area contributed by atoms with Crippen LogP contribution in [0.3, 0.4) is 0 Å². The van der Waals surface area contributed by atoms with E-state index in [9.17, 15) is 0 Å². The van der Waals surface area contributed by atoms with Crippen molar-refractivity contribution in [2.75, 3.05) is 6.54 Å². The largest absolute Gasteiger partial charge is 0.292 e. The van der Waals surface area contributed by atoms with Gasteiger partial charge in [0.15, 0.2) is 0 Å². The molecule has 0 N–H and O–H groups in total. The lowest BCUT2D eigenvalue weighted by Gasteiger charge is -2.33. The minimum absolute atomic E-state index is 0.731. The standard InChI is InChI=1S/C13H17N/c1-10-6-7-14-9-11-4-2-3-5-12(11)13(14)8-10/h2-5,10,13H,6-9H2,1H3. The minimum atomic E-state index is 0.731. The fraction of sp³-hybridized carbons (Fsp3) is 0.538. The van der Waals surface area contributed by atoms with Gasteiger partial charge in [-0.25, -0.2) is 0 Å². The molecule has 0 bridgehead atoms. The maximum Gasteiger partial charge on any atom is 0.0357 e. The fourth-order valence-corrected chi connectivity index (χ4v) is 2.93. The van der Waals surface area contributed by atoms with Crippen LogP contribution in [-0.4, -0.2) is 11.4 Å². The van der Waals surface area contributed by atoms with Gasteiger partial charge in [0.2, 0.25) is 0 Å². The smallest absolute Gasteiger partial charge is 0.0357 e. The Bertz CT molecular complexity index is 345. The first-order chi connectivity index (χ1) is 6.84. The van der Waals surface area contributed by atoms with Crippen molar-refractivity contribution in [2.45, 2.75) is 32.4 Å². The molecule has 2 atom stereocenters. The zero-order valence-electron chi connectivity index (χ0n) is 8.74. The third kappa shape index (κ3) is 1.19. The third-order valence-electron chi connectivity index (χ3n) is 3.76. The molecule has 1 nitrogen and oxygen atoms in total. The molecule has 0 radical (unpaired) electrons. The van der Waals surface area contributed by atoms with Crippen LogP contribution in [0.5, 0.6) is 0 Å². The Morgan fingerprint density at radius 3 is 3.07 bits per heavy atom. The molecule has 1 fully saturated rings. The first-order valence-electron chi connectivity index (χ1n) is 5.66. The van der Waals surface area contributed by atoms with E-state index in [1.807, 2.05) is 0 Å². The van der Waals surface area contributed by atoms with E-state index in [0.717, 1.165) is 12.0 Å². The van der Waals surface area contributed by atoms with Crippen molar-refractivity contribution in [3.05, 3.63) is 35.4 Å². The van der Waals surface area contributed by atoms with E-state index in [0.29, 0.717) is 0 Å². The second kappa shape index (κ2) is 3.09. The van der Waals surface area contributed by atoms with Gasteiger partial charge in [0.05, 0.1) is 0 Å². The second-order valence-corrected chi connectivity index (χ2v) is 4.81. The Balaban J connectivity index is 1.97. The molecule has 2 aliphatic rings. The highest BCUT2D eigenvalue weighted by Gasteiger charge is 2.33. The molecule has 3 rings (SSSR count). The van der Waals surface area contributed by atoms with Gasteiger partial charge >= 0.3 is 0 Å². The van der Waals surface area contributed by atoms with Crippen LogP contribution in [0, 0.1) is 5.92 Å². The predicted molar refractivity (Wildman–Crippen MR) is 58.0 cm³/mol. The van der Waals surface area contributed by atoms with Gasteiger partial charge in [-0.05, 0) is 36.4 Å². The van der Waals surface area contributed by atoms with E-state index >= 15 is 0 Å². The second-order valence-electron chi connectivity index (χ2n) is 4.81. The van der Waals surface area contributed by atoms with Crippen LogP contribution in [0.4, 0.5) is 0 Å². The average Bonchev–Trinajstić information content (AvgIpc) is 2.56. The minimum Gasteiger partial charge on any atom is -0.292 e. The Morgan fingerprint density at radius 2 is 2.14 bits per heavy atom. The molecule has 0 saturated carbocycles. The van der Waals surface area contributed by atoms with E-state index in [1.165, 1.54) is 25.9 Å². The van der Waals surface area contributed by atoms with Crippen LogP contribution in [0.1, 0.15) is 36.9 Å². The summed E-state index contributed by atoms with van der Waals surface area (Å²) in [4.78, 5) is 2.64. The van der Waals surface area contributed by atoms with Crippen molar-refractivity contribution in [2.24, 2.45) is 5.92 Å². The van der Waals surface area contributed by atoms with E-state index < -0.39 is 0 Å². The van der Waals surface area contributed by atoms with Gasteiger partial charge in [0.25, 0.3) is 0 Å². The summed E-state index contributed by atoms with van der Waals surface area (Å²) in [6.07, 6.45) is 2.74. The molecule has 1 aromatic carbocycles. The normalized spacial score (nSPS) is 31.2. The monoisotopic (exact) mass is 187 g/mol. The van der Waals surface area contributed by atoms with Crippen LogP contribution in [0.25, 0.3) is 0 Å². The van der Waals surface area contributed by atoms with Gasteiger partial charge in [0.1, 0.15) is 0 Å². The Hall–Kier alpha value is -0.820. The lowest BCUT2D eigenvalue weighted by molar-refractivity contribution is 0.131. The van der Waals surface area contributed by atoms with Gasteiger partial charge in [-0.3, -0.25) is 4.90 Å². The summed E-state index contributed by atoms with van der Waals surface area (Å²) in [5, 5.41) is 0. The van der Waals surface area contributed by atoms with Crippen molar-refractivity contribution in [3.63, 3.8) is 0 Å². The molecular weight excluding hydrogens is 170 g/mol. The van der Waals surface area contributed by atoms with Crippen molar-refractivity contribution in [1.29, 1.82) is 0 Å². The molecule has 0 aliphatic carbocycles. The zero-order valence-corrected chi connectivity index (χ0v) is 8.74. The van der Waals surface area contributed by atoms with Crippen LogP contribution in [0.2, 0.25) is 0 Å². The summed E-state index contributed by atoms with van der Waals surface area (Å²) in [6.45, 7) is 4.87. The molecule has 1 heteroatoms. The summed E-state index contributed by atoms with van der Waals surface area (Å²) in [5.74, 6) is 0.905. The summed E-state index contributed by atoms with van der Waals surface area (Å²) >= 11 is 0. The van der Waals surface area contributed by atoms with E-state index in [-0.39, 0.29) is 0 Å². The lowest BCUT2D eigenvalue weighted by Crippen LogP contribution is -2.30.